The topological polar surface area (TPSA) is 32.3 Å². The van der Waals surface area contributed by atoms with E-state index in [4.69, 9.17) is 0 Å². The Balaban J connectivity index is 1.63. The number of anilines is 1. The Morgan fingerprint density at radius 1 is 1.26 bits per heavy atom. The number of rotatable bonds is 3. The monoisotopic (exact) mass is 322 g/mol. The van der Waals surface area contributed by atoms with Gasteiger partial charge in [0.05, 0.1) is 0 Å². The van der Waals surface area contributed by atoms with Gasteiger partial charge in [-0.15, -0.1) is 0 Å². The zero-order valence-corrected chi connectivity index (χ0v) is 14.0. The quantitative estimate of drug-likeness (QED) is 0.744. The molecule has 1 saturated carbocycles. The fourth-order valence-corrected chi connectivity index (χ4v) is 3.96. The predicted octanol–water partition coefficient (Wildman–Crippen LogP) is 0.188. The van der Waals surface area contributed by atoms with Crippen LogP contribution in [0.1, 0.15) is 32.1 Å². The van der Waals surface area contributed by atoms with E-state index in [1.165, 1.54) is 37.8 Å². The van der Waals surface area contributed by atoms with Gasteiger partial charge in [-0.05, 0) is 0 Å². The van der Waals surface area contributed by atoms with Crippen LogP contribution < -0.4 is 9.38 Å². The van der Waals surface area contributed by atoms with E-state index in [9.17, 15) is 0 Å². The van der Waals surface area contributed by atoms with E-state index in [1.807, 2.05) is 6.20 Å². The van der Waals surface area contributed by atoms with Gasteiger partial charge in [0, 0.05) is 0 Å². The summed E-state index contributed by atoms with van der Waals surface area (Å²) in [5.74, 6) is 0. The van der Waals surface area contributed by atoms with Gasteiger partial charge in [0.25, 0.3) is 0 Å². The van der Waals surface area contributed by atoms with Crippen LogP contribution in [0.2, 0.25) is 0 Å². The molecule has 4 nitrogen and oxygen atoms in total. The maximum atomic E-state index is 4.09. The van der Waals surface area contributed by atoms with Gasteiger partial charge >= 0.3 is 124 Å². The summed E-state index contributed by atoms with van der Waals surface area (Å²) < 4.78 is 1.07. The summed E-state index contributed by atoms with van der Waals surface area (Å²) in [6.07, 6.45) is 8.80. The summed E-state index contributed by atoms with van der Waals surface area (Å²) in [5.41, 5.74) is 1.25. The van der Waals surface area contributed by atoms with Gasteiger partial charge in [0.2, 0.25) is 0 Å². The molecule has 0 aromatic carbocycles. The maximum absolute atomic E-state index is 4.09. The zero-order valence-electron chi connectivity index (χ0n) is 11.6. The molecular weight excluding hydrogens is 299 g/mol. The summed E-state index contributed by atoms with van der Waals surface area (Å²) in [6, 6.07) is 3.71. The molecule has 2 heterocycles. The molecule has 1 aromatic heterocycles. The summed E-state index contributed by atoms with van der Waals surface area (Å²) in [7, 11) is 2.32. The molecule has 104 valence electrons. The molecule has 1 unspecified atom stereocenters. The molecule has 0 N–H and O–H groups in total. The van der Waals surface area contributed by atoms with E-state index < -0.39 is 0 Å². The third-order valence-corrected chi connectivity index (χ3v) is 5.26. The first-order valence-electron chi connectivity index (χ1n) is 7.29. The molecule has 2 atom stereocenters. The van der Waals surface area contributed by atoms with Crippen LogP contribution in [0.3, 0.4) is 0 Å². The van der Waals surface area contributed by atoms with Crippen molar-refractivity contribution in [2.45, 2.75) is 44.2 Å². The molecule has 1 aromatic rings. The van der Waals surface area contributed by atoms with Crippen molar-refractivity contribution in [3.05, 3.63) is 12.3 Å². The normalized spacial score (nSPS) is 24.6. The van der Waals surface area contributed by atoms with E-state index in [0.717, 1.165) is 23.6 Å². The van der Waals surface area contributed by atoms with Gasteiger partial charge in [-0.3, -0.25) is 0 Å². The van der Waals surface area contributed by atoms with Crippen LogP contribution in [0, 0.1) is 0 Å². The Morgan fingerprint density at radius 2 is 2.05 bits per heavy atom. The molecule has 2 aliphatic rings. The van der Waals surface area contributed by atoms with Crippen LogP contribution in [0.15, 0.2) is 12.3 Å². The molecule has 3 rings (SSSR count). The Labute approximate surface area is 124 Å². The van der Waals surface area contributed by atoms with Crippen LogP contribution in [0.5, 0.6) is 0 Å². The fraction of sp³-hybridized carbons (Fsp3) is 0.714. The molecule has 2 fully saturated rings. The predicted molar refractivity (Wildman–Crippen MR) is 80.8 cm³/mol. The Hall–Kier alpha value is -0.602. The third kappa shape index (κ3) is 2.95. The molecular formula is C14H23AsN4. The van der Waals surface area contributed by atoms with Gasteiger partial charge in [-0.25, -0.2) is 0 Å². The summed E-state index contributed by atoms with van der Waals surface area (Å²) in [5, 5.41) is 8.16. The van der Waals surface area contributed by atoms with Gasteiger partial charge in [-0.2, -0.15) is 0 Å². The van der Waals surface area contributed by atoms with Crippen LogP contribution in [0.4, 0.5) is 5.69 Å². The van der Waals surface area contributed by atoms with E-state index in [0.29, 0.717) is 6.04 Å². The van der Waals surface area contributed by atoms with Crippen LogP contribution >= 0.6 is 0 Å². The number of hydrogen-bond acceptors (Lipinski definition) is 4. The molecule has 1 aliphatic heterocycles. The standard InChI is InChI=1S/C14H23AsN4/c1-18(11-4-2-3-5-11)12-6-7-19(10-12)13-8-14(15)17-16-9-13/h8-9,11-12H,2-7,10,15H2,1H3/t12-/m1/s1. The average Bonchev–Trinajstić information content (AvgIpc) is 3.10. The van der Waals surface area contributed by atoms with Gasteiger partial charge in [0.1, 0.15) is 0 Å². The fourth-order valence-electron chi connectivity index (χ4n) is 3.46. The zero-order chi connectivity index (χ0) is 13.2. The van der Waals surface area contributed by atoms with Crippen molar-refractivity contribution >= 4 is 27.0 Å². The Bertz CT molecular complexity index is 433. The van der Waals surface area contributed by atoms with E-state index in [1.54, 1.807) is 16.9 Å². The number of aromatic nitrogens is 2. The van der Waals surface area contributed by atoms with Gasteiger partial charge in [-0.1, -0.05) is 0 Å². The van der Waals surface area contributed by atoms with E-state index in [2.05, 4.69) is 33.1 Å². The molecule has 0 amide bonds. The third-order valence-electron chi connectivity index (χ3n) is 4.66. The number of likely N-dealkylation sites (N-methyl/N-ethyl adjacent to an activating group) is 1. The van der Waals surface area contributed by atoms with E-state index >= 15 is 0 Å². The van der Waals surface area contributed by atoms with Crippen molar-refractivity contribution in [3.8, 4) is 0 Å². The summed E-state index contributed by atoms with van der Waals surface area (Å²) in [6.45, 7) is 2.30. The molecule has 1 saturated heterocycles. The molecule has 0 bridgehead atoms. The number of hydrogen-bond donors (Lipinski definition) is 0. The van der Waals surface area contributed by atoms with Gasteiger partial charge < -0.3 is 0 Å². The van der Waals surface area contributed by atoms with Crippen LogP contribution in [-0.2, 0) is 0 Å². The van der Waals surface area contributed by atoms with Crippen LogP contribution in [-0.4, -0.2) is 64.2 Å². The van der Waals surface area contributed by atoms with Crippen molar-refractivity contribution in [1.82, 2.24) is 15.1 Å². The molecule has 1 aliphatic carbocycles. The van der Waals surface area contributed by atoms with Gasteiger partial charge in [0.15, 0.2) is 0 Å². The molecule has 5 heteroatoms. The van der Waals surface area contributed by atoms with E-state index in [-0.39, 0.29) is 0 Å². The number of nitrogens with zero attached hydrogens (tertiary/aromatic N) is 4. The van der Waals surface area contributed by atoms with Crippen molar-refractivity contribution < 1.29 is 0 Å². The Kier molecular flexibility index (Phi) is 4.09. The first kappa shape index (κ1) is 13.4. The molecule has 0 radical (unpaired) electrons. The van der Waals surface area contributed by atoms with Crippen LogP contribution in [0.25, 0.3) is 0 Å². The van der Waals surface area contributed by atoms with Crippen molar-refractivity contribution in [2.75, 3.05) is 25.0 Å². The minimum atomic E-state index is 0.710. The van der Waals surface area contributed by atoms with Crippen molar-refractivity contribution in [3.63, 3.8) is 0 Å². The molecule has 0 spiro atoms. The molecule has 19 heavy (non-hydrogen) atoms. The second-order valence-corrected chi connectivity index (χ2v) is 7.07. The van der Waals surface area contributed by atoms with Crippen molar-refractivity contribution in [1.29, 1.82) is 0 Å². The Morgan fingerprint density at radius 3 is 2.79 bits per heavy atom. The minimum absolute atomic E-state index is 0.710. The SMILES string of the molecule is CN(C1CCCC1)[C@@H]1CCN(c2cnnc([AsH2])c2)C1. The summed E-state index contributed by atoms with van der Waals surface area (Å²) >= 11 is 1.55. The summed E-state index contributed by atoms with van der Waals surface area (Å²) in [4.78, 5) is 5.10. The second-order valence-electron chi connectivity index (χ2n) is 5.83. The average molecular weight is 322 g/mol. The first-order valence-corrected chi connectivity index (χ1v) is 8.50. The first-order chi connectivity index (χ1) is 9.24. The van der Waals surface area contributed by atoms with Crippen molar-refractivity contribution in [2.24, 2.45) is 0 Å². The second kappa shape index (κ2) is 5.80.